The topological polar surface area (TPSA) is 167 Å². The third kappa shape index (κ3) is 9.52. The van der Waals surface area contributed by atoms with Crippen LogP contribution < -0.4 is 15.6 Å². The molecule has 47 heavy (non-hydrogen) atoms. The Labute approximate surface area is 272 Å². The van der Waals surface area contributed by atoms with Crippen molar-refractivity contribution in [3.63, 3.8) is 0 Å². The number of ether oxygens (including phenoxy) is 3. The molecule has 4 rings (SSSR count). The molecule has 1 amide bonds. The minimum atomic E-state index is -1.69. The van der Waals surface area contributed by atoms with E-state index in [9.17, 15) is 14.0 Å². The van der Waals surface area contributed by atoms with Gasteiger partial charge in [0.2, 0.25) is 5.90 Å². The summed E-state index contributed by atoms with van der Waals surface area (Å²) >= 11 is 0. The summed E-state index contributed by atoms with van der Waals surface area (Å²) in [7, 11) is 0. The Balaban J connectivity index is 1.75. The summed E-state index contributed by atoms with van der Waals surface area (Å²) in [6.07, 6.45) is -0.818. The molecule has 3 aromatic rings. The molecule has 0 aromatic heterocycles. The maximum absolute atomic E-state index is 14.3. The first-order valence-electron chi connectivity index (χ1n) is 15.2. The quantitative estimate of drug-likeness (QED) is 0.0483. The van der Waals surface area contributed by atoms with Crippen LogP contribution in [-0.4, -0.2) is 47.2 Å². The Bertz CT molecular complexity index is 1620. The highest BCUT2D eigenvalue weighted by atomic mass is 19.1. The second kappa shape index (κ2) is 16.0. The van der Waals surface area contributed by atoms with Gasteiger partial charge in [-0.25, -0.2) is 14.8 Å². The van der Waals surface area contributed by atoms with Gasteiger partial charge in [0.1, 0.15) is 17.2 Å². The number of carbonyl (C=O) groups excluding carboxylic acids is 2. The normalized spacial score (nSPS) is 17.2. The van der Waals surface area contributed by atoms with Crippen molar-refractivity contribution in [2.75, 3.05) is 13.2 Å². The largest absolute Gasteiger partial charge is 0.494 e. The molecule has 12 nitrogen and oxygen atoms in total. The maximum atomic E-state index is 14.3. The summed E-state index contributed by atoms with van der Waals surface area (Å²) < 4.78 is 31.5. The number of nitrogens with one attached hydrogen (secondary N) is 2. The molecular weight excluding hydrogens is 607 g/mol. The first-order chi connectivity index (χ1) is 22.5. The minimum absolute atomic E-state index is 0.00973. The van der Waals surface area contributed by atoms with E-state index in [0.717, 1.165) is 0 Å². The molecule has 3 aromatic carbocycles. The third-order valence-electron chi connectivity index (χ3n) is 7.19. The highest BCUT2D eigenvalue weighted by Crippen LogP contribution is 2.44. The van der Waals surface area contributed by atoms with Crippen LogP contribution in [0.15, 0.2) is 82.9 Å². The van der Waals surface area contributed by atoms with Crippen molar-refractivity contribution < 1.29 is 33.3 Å². The van der Waals surface area contributed by atoms with E-state index >= 15 is 0 Å². The molecule has 1 heterocycles. The average Bonchev–Trinajstić information content (AvgIpc) is 3.43. The monoisotopic (exact) mass is 646 g/mol. The molecule has 0 unspecified atom stereocenters. The van der Waals surface area contributed by atoms with Crippen LogP contribution >= 0.6 is 0 Å². The second-order valence-electron chi connectivity index (χ2n) is 11.9. The van der Waals surface area contributed by atoms with E-state index in [1.807, 2.05) is 0 Å². The predicted molar refractivity (Wildman–Crippen MR) is 172 cm³/mol. The SMILES string of the molecule is CC(C)(C)OC(=O)CC[C@]1(C(=O)NNCc2cccc(F)c2)N=C(c2ccc(OCCCO)cc2)O[C@H]1c1ccccc1CN=[N+]=[N-]. The third-order valence-corrected chi connectivity index (χ3v) is 7.19. The van der Waals surface area contributed by atoms with Gasteiger partial charge >= 0.3 is 5.97 Å². The first kappa shape index (κ1) is 34.9. The number of hydrazine groups is 1. The summed E-state index contributed by atoms with van der Waals surface area (Å²) in [6.45, 7) is 5.71. The van der Waals surface area contributed by atoms with Crippen molar-refractivity contribution in [1.82, 2.24) is 10.9 Å². The predicted octanol–water partition coefficient (Wildman–Crippen LogP) is 5.60. The average molecular weight is 647 g/mol. The van der Waals surface area contributed by atoms with E-state index in [1.165, 1.54) is 12.1 Å². The Morgan fingerprint density at radius 3 is 2.60 bits per heavy atom. The van der Waals surface area contributed by atoms with Gasteiger partial charge in [0, 0.05) is 36.5 Å². The van der Waals surface area contributed by atoms with Crippen molar-refractivity contribution in [3.05, 3.63) is 111 Å². The fraction of sp³-hybridized carbons (Fsp3) is 0.382. The summed E-state index contributed by atoms with van der Waals surface area (Å²) in [5, 5.41) is 12.8. The molecule has 2 atom stereocenters. The van der Waals surface area contributed by atoms with Crippen LogP contribution in [0.5, 0.6) is 5.75 Å². The molecule has 0 spiro atoms. The summed E-state index contributed by atoms with van der Waals surface area (Å²) in [6, 6.07) is 20.0. The summed E-state index contributed by atoms with van der Waals surface area (Å²) in [4.78, 5) is 35.0. The smallest absolute Gasteiger partial charge is 0.306 e. The number of azide groups is 1. The number of aliphatic hydroxyl groups excluding tert-OH is 1. The van der Waals surface area contributed by atoms with Gasteiger partial charge < -0.3 is 19.3 Å². The highest BCUT2D eigenvalue weighted by Gasteiger charge is 2.54. The second-order valence-corrected chi connectivity index (χ2v) is 11.9. The molecule has 0 saturated carbocycles. The zero-order chi connectivity index (χ0) is 33.9. The van der Waals surface area contributed by atoms with Gasteiger partial charge in [0.15, 0.2) is 11.6 Å². The van der Waals surface area contributed by atoms with Gasteiger partial charge in [0.25, 0.3) is 5.91 Å². The Morgan fingerprint density at radius 1 is 1.13 bits per heavy atom. The molecule has 248 valence electrons. The van der Waals surface area contributed by atoms with E-state index in [1.54, 1.807) is 81.4 Å². The number of aliphatic hydroxyl groups is 1. The lowest BCUT2D eigenvalue weighted by atomic mass is 9.82. The molecule has 0 aliphatic carbocycles. The lowest BCUT2D eigenvalue weighted by Gasteiger charge is -2.31. The number of benzene rings is 3. The van der Waals surface area contributed by atoms with Gasteiger partial charge in [-0.1, -0.05) is 41.5 Å². The summed E-state index contributed by atoms with van der Waals surface area (Å²) in [5.41, 5.74) is 14.5. The molecule has 3 N–H and O–H groups in total. The molecular formula is C34H39FN6O6. The van der Waals surface area contributed by atoms with Crippen LogP contribution in [0.1, 0.15) is 68.4 Å². The Kier molecular flexibility index (Phi) is 11.9. The number of halogens is 1. The van der Waals surface area contributed by atoms with Crippen LogP contribution in [0.4, 0.5) is 4.39 Å². The molecule has 13 heteroatoms. The highest BCUT2D eigenvalue weighted by molar-refractivity contribution is 6.01. The zero-order valence-electron chi connectivity index (χ0n) is 26.6. The zero-order valence-corrected chi connectivity index (χ0v) is 26.6. The standard InChI is InChI=1S/C34H39FN6O6/c1-33(2,3)47-29(43)16-17-34(32(44)40-37-21-23-8-6-10-26(35)20-23)30(28-11-5-4-9-25(28)22-38-41-36)46-31(39-34)24-12-14-27(15-13-24)45-19-7-18-42/h4-6,8-15,20,30,37,42H,7,16-19,21-22H2,1-3H3,(H,40,44)/t30-,34-/m0/s1. The number of esters is 1. The lowest BCUT2D eigenvalue weighted by Crippen LogP contribution is -2.53. The maximum Gasteiger partial charge on any atom is 0.306 e. The van der Waals surface area contributed by atoms with Crippen LogP contribution in [-0.2, 0) is 32.2 Å². The summed E-state index contributed by atoms with van der Waals surface area (Å²) in [5.74, 6) is -0.802. The number of hydrogen-bond donors (Lipinski definition) is 3. The van der Waals surface area contributed by atoms with Crippen LogP contribution in [0, 0.1) is 5.82 Å². The molecule has 0 fully saturated rings. The molecule has 0 radical (unpaired) electrons. The van der Waals surface area contributed by atoms with Gasteiger partial charge in [-0.05, 0) is 85.8 Å². The Morgan fingerprint density at radius 2 is 1.89 bits per heavy atom. The molecule has 1 aliphatic heterocycles. The number of carbonyl (C=O) groups is 2. The molecule has 1 aliphatic rings. The van der Waals surface area contributed by atoms with Crippen molar-refractivity contribution in [2.24, 2.45) is 10.1 Å². The van der Waals surface area contributed by atoms with Crippen molar-refractivity contribution in [3.8, 4) is 5.75 Å². The van der Waals surface area contributed by atoms with Crippen molar-refractivity contribution >= 4 is 17.8 Å². The number of rotatable bonds is 15. The fourth-order valence-electron chi connectivity index (χ4n) is 5.06. The van der Waals surface area contributed by atoms with Gasteiger partial charge in [-0.15, -0.1) is 0 Å². The van der Waals surface area contributed by atoms with Crippen molar-refractivity contribution in [2.45, 2.75) is 70.4 Å². The Hall–Kier alpha value is -4.97. The number of hydrogen-bond acceptors (Lipinski definition) is 9. The number of nitrogens with zero attached hydrogens (tertiary/aromatic N) is 4. The molecule has 0 saturated heterocycles. The van der Waals surface area contributed by atoms with Crippen molar-refractivity contribution in [1.29, 1.82) is 0 Å². The first-order valence-corrected chi connectivity index (χ1v) is 15.2. The van der Waals surface area contributed by atoms with Gasteiger partial charge in [-0.3, -0.25) is 15.0 Å². The van der Waals surface area contributed by atoms with E-state index < -0.39 is 34.9 Å². The minimum Gasteiger partial charge on any atom is -0.494 e. The lowest BCUT2D eigenvalue weighted by molar-refractivity contribution is -0.155. The van der Waals surface area contributed by atoms with Crippen LogP contribution in [0.3, 0.4) is 0 Å². The van der Waals surface area contributed by atoms with Crippen LogP contribution in [0.2, 0.25) is 0 Å². The van der Waals surface area contributed by atoms with Gasteiger partial charge in [0.05, 0.1) is 13.2 Å². The van der Waals surface area contributed by atoms with E-state index in [-0.39, 0.29) is 38.4 Å². The van der Waals surface area contributed by atoms with Crippen LogP contribution in [0.25, 0.3) is 10.4 Å². The molecule has 0 bridgehead atoms. The van der Waals surface area contributed by atoms with E-state index in [2.05, 4.69) is 20.9 Å². The number of amides is 1. The number of aliphatic imine (C=N–C) groups is 1. The van der Waals surface area contributed by atoms with E-state index in [0.29, 0.717) is 41.0 Å². The van der Waals surface area contributed by atoms with E-state index in [4.69, 9.17) is 29.8 Å². The van der Waals surface area contributed by atoms with Gasteiger partial charge in [-0.2, -0.15) is 0 Å². The fourth-order valence-corrected chi connectivity index (χ4v) is 5.06.